The second kappa shape index (κ2) is 5.87. The molecule has 1 aromatic carbocycles. The van der Waals surface area contributed by atoms with Crippen molar-refractivity contribution in [2.75, 3.05) is 13.1 Å². The number of benzene rings is 1. The van der Waals surface area contributed by atoms with E-state index in [0.29, 0.717) is 13.0 Å². The zero-order valence-electron chi connectivity index (χ0n) is 12.9. The Kier molecular flexibility index (Phi) is 4.47. The van der Waals surface area contributed by atoms with Crippen molar-refractivity contribution < 1.29 is 22.3 Å². The van der Waals surface area contributed by atoms with Gasteiger partial charge in [0.1, 0.15) is 11.4 Å². The summed E-state index contributed by atoms with van der Waals surface area (Å²) in [6.45, 7) is 5.70. The molecule has 122 valence electrons. The third kappa shape index (κ3) is 3.76. The number of nitrogens with zero attached hydrogens (tertiary/aromatic N) is 1. The highest BCUT2D eigenvalue weighted by atomic mass is 32.2. The van der Waals surface area contributed by atoms with E-state index < -0.39 is 32.6 Å². The van der Waals surface area contributed by atoms with Gasteiger partial charge in [-0.2, -0.15) is 0 Å². The average molecular weight is 329 g/mol. The number of sulfone groups is 1. The summed E-state index contributed by atoms with van der Waals surface area (Å²) in [4.78, 5) is 13.4. The fourth-order valence-electron chi connectivity index (χ4n) is 2.29. The molecule has 1 aliphatic heterocycles. The zero-order valence-corrected chi connectivity index (χ0v) is 13.7. The topological polar surface area (TPSA) is 63.7 Å². The molecular formula is C15H20FNO4S. The van der Waals surface area contributed by atoms with Crippen LogP contribution in [0.4, 0.5) is 9.18 Å². The first kappa shape index (κ1) is 16.7. The maximum absolute atomic E-state index is 12.9. The summed E-state index contributed by atoms with van der Waals surface area (Å²) < 4.78 is 43.2. The lowest BCUT2D eigenvalue weighted by molar-refractivity contribution is 0.0295. The fourth-order valence-corrected chi connectivity index (χ4v) is 3.98. The van der Waals surface area contributed by atoms with Gasteiger partial charge >= 0.3 is 6.09 Å². The molecule has 1 heterocycles. The summed E-state index contributed by atoms with van der Waals surface area (Å²) in [6, 6.07) is 4.74. The lowest BCUT2D eigenvalue weighted by atomic mass is 10.2. The van der Waals surface area contributed by atoms with Crippen molar-refractivity contribution in [2.45, 2.75) is 42.9 Å². The predicted octanol–water partition coefficient (Wildman–Crippen LogP) is 2.61. The molecular weight excluding hydrogens is 309 g/mol. The Balaban J connectivity index is 2.09. The van der Waals surface area contributed by atoms with Gasteiger partial charge in [0, 0.05) is 13.1 Å². The molecule has 0 radical (unpaired) electrons. The quantitative estimate of drug-likeness (QED) is 0.783. The van der Waals surface area contributed by atoms with Gasteiger partial charge in [-0.3, -0.25) is 0 Å². The molecule has 1 aliphatic rings. The minimum absolute atomic E-state index is 0.0740. The third-order valence-electron chi connectivity index (χ3n) is 3.38. The highest BCUT2D eigenvalue weighted by molar-refractivity contribution is 7.92. The normalized spacial score (nSPS) is 19.3. The highest BCUT2D eigenvalue weighted by Gasteiger charge is 2.37. The van der Waals surface area contributed by atoms with E-state index in [9.17, 15) is 17.6 Å². The Morgan fingerprint density at radius 3 is 2.41 bits per heavy atom. The van der Waals surface area contributed by atoms with E-state index in [1.54, 1.807) is 20.8 Å². The Morgan fingerprint density at radius 2 is 1.86 bits per heavy atom. The molecule has 0 saturated carbocycles. The molecule has 1 amide bonds. The van der Waals surface area contributed by atoms with Crippen molar-refractivity contribution in [2.24, 2.45) is 0 Å². The van der Waals surface area contributed by atoms with Crippen molar-refractivity contribution in [3.8, 4) is 0 Å². The minimum Gasteiger partial charge on any atom is -0.444 e. The molecule has 1 saturated heterocycles. The number of carbonyl (C=O) groups excluding carboxylic acids is 1. The minimum atomic E-state index is -3.58. The molecule has 0 bridgehead atoms. The molecule has 1 aromatic rings. The van der Waals surface area contributed by atoms with Crippen molar-refractivity contribution in [1.82, 2.24) is 4.90 Å². The molecule has 2 rings (SSSR count). The number of hydrogen-bond acceptors (Lipinski definition) is 4. The molecule has 0 N–H and O–H groups in total. The molecule has 22 heavy (non-hydrogen) atoms. The molecule has 0 unspecified atom stereocenters. The van der Waals surface area contributed by atoms with Crippen LogP contribution in [0.15, 0.2) is 29.2 Å². The summed E-state index contributed by atoms with van der Waals surface area (Å²) in [6.07, 6.45) is -0.164. The SMILES string of the molecule is CC(C)(C)OC(=O)N1CC[C@@H](S(=O)(=O)c2ccc(F)cc2)C1. The van der Waals surface area contributed by atoms with Crippen molar-refractivity contribution in [3.05, 3.63) is 30.1 Å². The van der Waals surface area contributed by atoms with Crippen LogP contribution in [0.25, 0.3) is 0 Å². The first-order valence-electron chi connectivity index (χ1n) is 7.07. The number of halogens is 1. The molecule has 0 aromatic heterocycles. The molecule has 5 nitrogen and oxygen atoms in total. The maximum atomic E-state index is 12.9. The van der Waals surface area contributed by atoms with Crippen LogP contribution in [0.2, 0.25) is 0 Å². The standard InChI is InChI=1S/C15H20FNO4S/c1-15(2,3)21-14(18)17-9-8-13(10-17)22(19,20)12-6-4-11(16)5-7-12/h4-7,13H,8-10H2,1-3H3/t13-/m1/s1. The molecule has 1 atom stereocenters. The van der Waals surface area contributed by atoms with E-state index >= 15 is 0 Å². The largest absolute Gasteiger partial charge is 0.444 e. The van der Waals surface area contributed by atoms with Gasteiger partial charge < -0.3 is 9.64 Å². The Labute approximate surface area is 130 Å². The van der Waals surface area contributed by atoms with Gasteiger partial charge in [-0.1, -0.05) is 0 Å². The molecule has 0 spiro atoms. The smallest absolute Gasteiger partial charge is 0.410 e. The highest BCUT2D eigenvalue weighted by Crippen LogP contribution is 2.25. The van der Waals surface area contributed by atoms with Crippen LogP contribution in [0, 0.1) is 5.82 Å². The Morgan fingerprint density at radius 1 is 1.27 bits per heavy atom. The second-order valence-corrected chi connectivity index (χ2v) is 8.56. The van der Waals surface area contributed by atoms with Crippen LogP contribution in [-0.2, 0) is 14.6 Å². The first-order valence-corrected chi connectivity index (χ1v) is 8.61. The van der Waals surface area contributed by atoms with E-state index in [0.717, 1.165) is 12.1 Å². The van der Waals surface area contributed by atoms with Crippen LogP contribution < -0.4 is 0 Å². The van der Waals surface area contributed by atoms with Crippen LogP contribution >= 0.6 is 0 Å². The van der Waals surface area contributed by atoms with Crippen LogP contribution in [0.1, 0.15) is 27.2 Å². The number of carbonyl (C=O) groups is 1. The van der Waals surface area contributed by atoms with Gasteiger partial charge in [0.15, 0.2) is 9.84 Å². The molecule has 7 heteroatoms. The van der Waals surface area contributed by atoms with E-state index in [-0.39, 0.29) is 11.4 Å². The molecule has 0 aliphatic carbocycles. The number of likely N-dealkylation sites (tertiary alicyclic amines) is 1. The van der Waals surface area contributed by atoms with E-state index in [1.165, 1.54) is 17.0 Å². The Bertz CT molecular complexity index is 649. The fraction of sp³-hybridized carbons (Fsp3) is 0.533. The van der Waals surface area contributed by atoms with Gasteiger partial charge in [0.2, 0.25) is 0 Å². The lowest BCUT2D eigenvalue weighted by Crippen LogP contribution is -2.36. The van der Waals surface area contributed by atoms with Crippen molar-refractivity contribution in [1.29, 1.82) is 0 Å². The average Bonchev–Trinajstić information content (AvgIpc) is 2.87. The number of ether oxygens (including phenoxy) is 1. The van der Waals surface area contributed by atoms with Gasteiger partial charge in [-0.15, -0.1) is 0 Å². The van der Waals surface area contributed by atoms with Gasteiger partial charge in [-0.25, -0.2) is 17.6 Å². The molecule has 1 fully saturated rings. The summed E-state index contributed by atoms with van der Waals surface area (Å²) >= 11 is 0. The van der Waals surface area contributed by atoms with E-state index in [1.807, 2.05) is 0 Å². The summed E-state index contributed by atoms with van der Waals surface area (Å²) in [7, 11) is -3.58. The summed E-state index contributed by atoms with van der Waals surface area (Å²) in [5.74, 6) is -0.485. The zero-order chi connectivity index (χ0) is 16.5. The first-order chi connectivity index (χ1) is 10.1. The van der Waals surface area contributed by atoms with Gasteiger partial charge in [-0.05, 0) is 51.5 Å². The van der Waals surface area contributed by atoms with Crippen molar-refractivity contribution >= 4 is 15.9 Å². The van der Waals surface area contributed by atoms with Gasteiger partial charge in [0.05, 0.1) is 10.1 Å². The number of hydrogen-bond donors (Lipinski definition) is 0. The van der Waals surface area contributed by atoms with E-state index in [4.69, 9.17) is 4.74 Å². The van der Waals surface area contributed by atoms with Crippen molar-refractivity contribution in [3.63, 3.8) is 0 Å². The monoisotopic (exact) mass is 329 g/mol. The second-order valence-electron chi connectivity index (χ2n) is 6.34. The number of rotatable bonds is 2. The van der Waals surface area contributed by atoms with Crippen LogP contribution in [-0.4, -0.2) is 43.4 Å². The summed E-state index contributed by atoms with van der Waals surface area (Å²) in [5.41, 5.74) is -0.620. The predicted molar refractivity (Wildman–Crippen MR) is 79.8 cm³/mol. The van der Waals surface area contributed by atoms with Gasteiger partial charge in [0.25, 0.3) is 0 Å². The Hall–Kier alpha value is -1.63. The lowest BCUT2D eigenvalue weighted by Gasteiger charge is -2.24. The van der Waals surface area contributed by atoms with Crippen LogP contribution in [0.5, 0.6) is 0 Å². The summed E-state index contributed by atoms with van der Waals surface area (Å²) in [5, 5.41) is -0.689. The maximum Gasteiger partial charge on any atom is 0.410 e. The third-order valence-corrected chi connectivity index (χ3v) is 5.57. The number of amides is 1. The van der Waals surface area contributed by atoms with E-state index in [2.05, 4.69) is 0 Å². The van der Waals surface area contributed by atoms with Crippen LogP contribution in [0.3, 0.4) is 0 Å².